The number of methoxy groups -OCH3 is 1. The van der Waals surface area contributed by atoms with Crippen molar-refractivity contribution in [3.8, 4) is 11.7 Å². The molecular formula is C19H15N7O2. The van der Waals surface area contributed by atoms with Crippen LogP contribution in [0.4, 0.5) is 0 Å². The Morgan fingerprint density at radius 2 is 2.11 bits per heavy atom. The van der Waals surface area contributed by atoms with E-state index in [-0.39, 0.29) is 5.69 Å². The lowest BCUT2D eigenvalue weighted by atomic mass is 10.3. The van der Waals surface area contributed by atoms with Crippen LogP contribution in [0.2, 0.25) is 0 Å². The number of rotatable bonds is 4. The molecule has 5 rings (SSSR count). The number of pyridine rings is 1. The van der Waals surface area contributed by atoms with Crippen LogP contribution in [-0.4, -0.2) is 41.2 Å². The molecule has 0 bridgehead atoms. The zero-order chi connectivity index (χ0) is 19.1. The fourth-order valence-electron chi connectivity index (χ4n) is 3.15. The van der Waals surface area contributed by atoms with Crippen LogP contribution in [0.3, 0.4) is 0 Å². The Labute approximate surface area is 158 Å². The molecule has 0 saturated heterocycles. The van der Waals surface area contributed by atoms with Crippen molar-refractivity contribution in [2.24, 2.45) is 0 Å². The first-order valence-corrected chi connectivity index (χ1v) is 8.59. The molecule has 0 radical (unpaired) electrons. The first kappa shape index (κ1) is 16.2. The molecule has 5 aromatic rings. The zero-order valence-electron chi connectivity index (χ0n) is 14.9. The summed E-state index contributed by atoms with van der Waals surface area (Å²) < 4.78 is 8.64. The van der Waals surface area contributed by atoms with Crippen LogP contribution in [0.25, 0.3) is 28.1 Å². The van der Waals surface area contributed by atoms with E-state index in [1.54, 1.807) is 41.2 Å². The van der Waals surface area contributed by atoms with Gasteiger partial charge in [-0.2, -0.15) is 4.98 Å². The monoisotopic (exact) mass is 373 g/mol. The summed E-state index contributed by atoms with van der Waals surface area (Å²) in [6.45, 7) is 0.363. The van der Waals surface area contributed by atoms with Crippen molar-refractivity contribution >= 4 is 22.2 Å². The van der Waals surface area contributed by atoms with Gasteiger partial charge in [-0.15, -0.1) is 0 Å². The summed E-state index contributed by atoms with van der Waals surface area (Å²) in [5.74, 6) is 1.13. The van der Waals surface area contributed by atoms with E-state index in [2.05, 4.69) is 24.9 Å². The van der Waals surface area contributed by atoms with E-state index in [0.29, 0.717) is 29.4 Å². The number of nitrogens with zero attached hydrogens (tertiary/aromatic N) is 6. The van der Waals surface area contributed by atoms with Gasteiger partial charge in [0.2, 0.25) is 5.95 Å². The maximum Gasteiger partial charge on any atom is 0.328 e. The third-order valence-electron chi connectivity index (χ3n) is 4.53. The highest BCUT2D eigenvalue weighted by Crippen LogP contribution is 2.22. The van der Waals surface area contributed by atoms with Crippen molar-refractivity contribution in [1.29, 1.82) is 0 Å². The maximum atomic E-state index is 12.4. The van der Waals surface area contributed by atoms with Crippen LogP contribution in [-0.2, 0) is 6.54 Å². The molecule has 4 heterocycles. The summed E-state index contributed by atoms with van der Waals surface area (Å²) in [5, 5.41) is 0. The van der Waals surface area contributed by atoms with Gasteiger partial charge in [0, 0.05) is 18.5 Å². The number of nitrogens with one attached hydrogen (secondary N) is 1. The average Bonchev–Trinajstić information content (AvgIpc) is 3.29. The van der Waals surface area contributed by atoms with Crippen molar-refractivity contribution in [3.63, 3.8) is 0 Å². The summed E-state index contributed by atoms with van der Waals surface area (Å²) >= 11 is 0. The smallest absolute Gasteiger partial charge is 0.328 e. The molecule has 0 spiro atoms. The average molecular weight is 373 g/mol. The van der Waals surface area contributed by atoms with Gasteiger partial charge < -0.3 is 9.72 Å². The summed E-state index contributed by atoms with van der Waals surface area (Å²) in [7, 11) is 1.61. The molecule has 4 aromatic heterocycles. The van der Waals surface area contributed by atoms with Gasteiger partial charge in [0.05, 0.1) is 30.9 Å². The van der Waals surface area contributed by atoms with Gasteiger partial charge in [-0.3, -0.25) is 14.1 Å². The number of H-pyrrole nitrogens is 1. The predicted molar refractivity (Wildman–Crippen MR) is 103 cm³/mol. The van der Waals surface area contributed by atoms with Gasteiger partial charge in [0.15, 0.2) is 5.65 Å². The van der Waals surface area contributed by atoms with E-state index in [1.165, 1.54) is 0 Å². The van der Waals surface area contributed by atoms with Crippen LogP contribution in [0.5, 0.6) is 5.75 Å². The van der Waals surface area contributed by atoms with Gasteiger partial charge in [0.25, 0.3) is 0 Å². The van der Waals surface area contributed by atoms with E-state index < -0.39 is 0 Å². The third kappa shape index (κ3) is 2.60. The van der Waals surface area contributed by atoms with E-state index in [0.717, 1.165) is 16.6 Å². The van der Waals surface area contributed by atoms with Crippen molar-refractivity contribution in [2.45, 2.75) is 6.54 Å². The number of aromatic amines is 1. The molecular weight excluding hydrogens is 358 g/mol. The molecule has 1 N–H and O–H groups in total. The first-order valence-electron chi connectivity index (χ1n) is 8.59. The molecule has 138 valence electrons. The minimum Gasteiger partial charge on any atom is -0.497 e. The molecule has 28 heavy (non-hydrogen) atoms. The highest BCUT2D eigenvalue weighted by molar-refractivity contribution is 5.79. The van der Waals surface area contributed by atoms with Crippen molar-refractivity contribution in [1.82, 2.24) is 34.1 Å². The Hall–Kier alpha value is -4.01. The molecule has 1 aromatic carbocycles. The number of benzene rings is 1. The molecule has 0 amide bonds. The van der Waals surface area contributed by atoms with Crippen LogP contribution in [0.15, 0.2) is 60.0 Å². The molecule has 9 heteroatoms. The van der Waals surface area contributed by atoms with Crippen LogP contribution >= 0.6 is 0 Å². The van der Waals surface area contributed by atoms with Gasteiger partial charge in [-0.1, -0.05) is 6.07 Å². The summed E-state index contributed by atoms with van der Waals surface area (Å²) in [5.41, 5.74) is 3.36. The zero-order valence-corrected chi connectivity index (χ0v) is 14.9. The second kappa shape index (κ2) is 6.31. The second-order valence-electron chi connectivity index (χ2n) is 6.25. The van der Waals surface area contributed by atoms with Crippen LogP contribution < -0.4 is 10.4 Å². The number of aromatic nitrogens is 7. The van der Waals surface area contributed by atoms with Gasteiger partial charge >= 0.3 is 5.69 Å². The van der Waals surface area contributed by atoms with Crippen molar-refractivity contribution in [3.05, 3.63) is 71.3 Å². The predicted octanol–water partition coefficient (Wildman–Crippen LogP) is 1.91. The fourth-order valence-corrected chi connectivity index (χ4v) is 3.15. The highest BCUT2D eigenvalue weighted by atomic mass is 16.5. The Balaban J connectivity index is 1.66. The van der Waals surface area contributed by atoms with E-state index in [9.17, 15) is 4.79 Å². The van der Waals surface area contributed by atoms with Gasteiger partial charge in [0.1, 0.15) is 17.6 Å². The first-order chi connectivity index (χ1) is 13.7. The van der Waals surface area contributed by atoms with Crippen LogP contribution in [0, 0.1) is 0 Å². The SMILES string of the molecule is COc1ccc2ncn(-c3ncc4[nH]c(=O)n(Cc5cccnc5)c4n3)c2c1. The fraction of sp³-hybridized carbons (Fsp3) is 0.105. The van der Waals surface area contributed by atoms with E-state index >= 15 is 0 Å². The molecule has 0 aliphatic carbocycles. The van der Waals surface area contributed by atoms with Crippen molar-refractivity contribution < 1.29 is 4.74 Å². The molecule has 0 aliphatic heterocycles. The molecule has 0 fully saturated rings. The van der Waals surface area contributed by atoms with E-state index in [4.69, 9.17) is 4.74 Å². The quantitative estimate of drug-likeness (QED) is 0.516. The largest absolute Gasteiger partial charge is 0.497 e. The second-order valence-corrected chi connectivity index (χ2v) is 6.25. The normalized spacial score (nSPS) is 11.3. The van der Waals surface area contributed by atoms with Gasteiger partial charge in [-0.25, -0.2) is 14.8 Å². The standard InChI is InChI=1S/C19H15N7O2/c1-28-13-4-5-14-16(7-13)26(11-22-14)18-21-9-15-17(24-18)25(19(27)23-15)10-12-3-2-6-20-8-12/h2-9,11H,10H2,1H3,(H,23,27). The molecule has 0 aliphatic rings. The molecule has 9 nitrogen and oxygen atoms in total. The molecule has 0 unspecified atom stereocenters. The lowest BCUT2D eigenvalue weighted by molar-refractivity contribution is 0.415. The Morgan fingerprint density at radius 1 is 1.18 bits per heavy atom. The lowest BCUT2D eigenvalue weighted by Crippen LogP contribution is -2.18. The van der Waals surface area contributed by atoms with Crippen molar-refractivity contribution in [2.75, 3.05) is 7.11 Å². The minimum absolute atomic E-state index is 0.248. The number of fused-ring (bicyclic) bond motifs is 2. The topological polar surface area (TPSA) is 104 Å². The maximum absolute atomic E-state index is 12.4. The summed E-state index contributed by atoms with van der Waals surface area (Å²) in [6.07, 6.45) is 6.68. The van der Waals surface area contributed by atoms with E-state index in [1.807, 2.05) is 30.3 Å². The Bertz CT molecular complexity index is 1350. The number of ether oxygens (including phenoxy) is 1. The summed E-state index contributed by atoms with van der Waals surface area (Å²) in [6, 6.07) is 9.34. The summed E-state index contributed by atoms with van der Waals surface area (Å²) in [4.78, 5) is 32.7. The highest BCUT2D eigenvalue weighted by Gasteiger charge is 2.13. The van der Waals surface area contributed by atoms with Gasteiger partial charge in [-0.05, 0) is 23.8 Å². The third-order valence-corrected chi connectivity index (χ3v) is 4.53. The lowest BCUT2D eigenvalue weighted by Gasteiger charge is -2.06. The van der Waals surface area contributed by atoms with Crippen LogP contribution in [0.1, 0.15) is 5.56 Å². The number of hydrogen-bond donors (Lipinski definition) is 1. The minimum atomic E-state index is -0.248. The molecule has 0 atom stereocenters. The Morgan fingerprint density at radius 3 is 2.93 bits per heavy atom. The number of hydrogen-bond acceptors (Lipinski definition) is 6. The Kier molecular flexibility index (Phi) is 3.64. The number of imidazole rings is 2. The molecule has 0 saturated carbocycles.